The number of hydrogen-bond donors (Lipinski definition) is 0. The summed E-state index contributed by atoms with van der Waals surface area (Å²) in [5, 5.41) is 0. The van der Waals surface area contributed by atoms with E-state index in [0.717, 1.165) is 42.4 Å². The lowest BCUT2D eigenvalue weighted by molar-refractivity contribution is -0.117. The van der Waals surface area contributed by atoms with Gasteiger partial charge in [0.15, 0.2) is 5.78 Å². The Morgan fingerprint density at radius 2 is 1.61 bits per heavy atom. The van der Waals surface area contributed by atoms with Gasteiger partial charge in [-0.1, -0.05) is 67.4 Å². The van der Waals surface area contributed by atoms with Gasteiger partial charge in [-0.05, 0) is 91.4 Å². The second-order valence-electron chi connectivity index (χ2n) is 10.6. The lowest BCUT2D eigenvalue weighted by Gasteiger charge is -2.58. The van der Waals surface area contributed by atoms with Crippen molar-refractivity contribution < 1.29 is 4.79 Å². The molecule has 3 saturated carbocycles. The fourth-order valence-electron chi connectivity index (χ4n) is 7.69. The van der Waals surface area contributed by atoms with E-state index in [1.54, 1.807) is 0 Å². The Labute approximate surface area is 176 Å². The molecule has 0 saturated heterocycles. The fourth-order valence-corrected chi connectivity index (χ4v) is 7.69. The summed E-state index contributed by atoms with van der Waals surface area (Å²) in [6, 6.07) is 0. The maximum Gasteiger partial charge on any atom is 0.155 e. The van der Waals surface area contributed by atoms with Crippen LogP contribution in [0.1, 0.15) is 113 Å². The normalized spacial score (nSPS) is 41.5. The molecular weight excluding hydrogens is 340 g/mol. The minimum Gasteiger partial charge on any atom is -0.295 e. The standard InChI is InChI=1S/C22H34O.C3H8.C2H6/c1-14(2)18-7-8-19-17-6-5-15-13-16(23)9-11-21(15,3)20(17)10-12-22(18,19)4;1-3-2;1-2/h13-14,17-20H,5-12H2,1-4H3;3H2,1-2H3;1-2H3/t17?,18?,19?,20?,21-,22+;;/m0../s1. The zero-order valence-electron chi connectivity index (χ0n) is 20.2. The smallest absolute Gasteiger partial charge is 0.155 e. The molecule has 0 bridgehead atoms. The summed E-state index contributed by atoms with van der Waals surface area (Å²) < 4.78 is 0. The summed E-state index contributed by atoms with van der Waals surface area (Å²) in [6.45, 7) is 18.3. The Morgan fingerprint density at radius 1 is 0.964 bits per heavy atom. The maximum absolute atomic E-state index is 11.9. The van der Waals surface area contributed by atoms with Gasteiger partial charge in [0.1, 0.15) is 0 Å². The molecule has 0 aromatic heterocycles. The average molecular weight is 389 g/mol. The predicted molar refractivity (Wildman–Crippen MR) is 122 cm³/mol. The van der Waals surface area contributed by atoms with Gasteiger partial charge in [-0.3, -0.25) is 4.79 Å². The van der Waals surface area contributed by atoms with E-state index in [-0.39, 0.29) is 0 Å². The SMILES string of the molecule is CC.CC(C)C1CCC2C3CCC4=CC(=O)CC[C@]4(C)C3CC[C@]12C.CCC. The highest BCUT2D eigenvalue weighted by Crippen LogP contribution is 2.67. The molecule has 0 radical (unpaired) electrons. The van der Waals surface area contributed by atoms with Gasteiger partial charge in [-0.15, -0.1) is 0 Å². The van der Waals surface area contributed by atoms with Crippen LogP contribution in [0.3, 0.4) is 0 Å². The summed E-state index contributed by atoms with van der Waals surface area (Å²) in [4.78, 5) is 11.9. The Morgan fingerprint density at radius 3 is 2.21 bits per heavy atom. The molecule has 1 heteroatoms. The molecule has 4 unspecified atom stereocenters. The number of fused-ring (bicyclic) bond motifs is 5. The molecule has 0 aromatic rings. The van der Waals surface area contributed by atoms with Crippen LogP contribution in [0.5, 0.6) is 0 Å². The van der Waals surface area contributed by atoms with E-state index < -0.39 is 0 Å². The van der Waals surface area contributed by atoms with Crippen LogP contribution in [0.25, 0.3) is 0 Å². The molecule has 0 N–H and O–H groups in total. The van der Waals surface area contributed by atoms with Gasteiger partial charge in [0, 0.05) is 6.42 Å². The number of carbonyl (C=O) groups is 1. The van der Waals surface area contributed by atoms with Crippen LogP contribution >= 0.6 is 0 Å². The molecule has 0 spiro atoms. The molecular formula is C27H48O. The molecule has 6 atom stereocenters. The van der Waals surface area contributed by atoms with Crippen molar-refractivity contribution >= 4 is 5.78 Å². The summed E-state index contributed by atoms with van der Waals surface area (Å²) in [6.07, 6.45) is 13.5. The van der Waals surface area contributed by atoms with E-state index in [1.165, 1.54) is 50.5 Å². The molecule has 3 fully saturated rings. The third-order valence-corrected chi connectivity index (χ3v) is 8.84. The van der Waals surface area contributed by atoms with Crippen LogP contribution in [0.2, 0.25) is 0 Å². The third-order valence-electron chi connectivity index (χ3n) is 8.84. The molecule has 0 aromatic carbocycles. The van der Waals surface area contributed by atoms with Crippen molar-refractivity contribution in [3.05, 3.63) is 11.6 Å². The largest absolute Gasteiger partial charge is 0.295 e. The molecule has 4 rings (SSSR count). The minimum atomic E-state index is 0.341. The maximum atomic E-state index is 11.9. The first-order valence-corrected chi connectivity index (χ1v) is 12.5. The van der Waals surface area contributed by atoms with E-state index in [0.29, 0.717) is 16.6 Å². The van der Waals surface area contributed by atoms with Crippen molar-refractivity contribution in [2.45, 2.75) is 113 Å². The number of ketones is 1. The van der Waals surface area contributed by atoms with Crippen LogP contribution in [-0.4, -0.2) is 5.78 Å². The Hall–Kier alpha value is -0.590. The molecule has 4 aliphatic rings. The van der Waals surface area contributed by atoms with Crippen molar-refractivity contribution in [2.24, 2.45) is 40.4 Å². The molecule has 0 aliphatic heterocycles. The van der Waals surface area contributed by atoms with Gasteiger partial charge in [0.2, 0.25) is 0 Å². The summed E-state index contributed by atoms with van der Waals surface area (Å²) >= 11 is 0. The van der Waals surface area contributed by atoms with E-state index in [2.05, 4.69) is 41.5 Å². The number of hydrogen-bond acceptors (Lipinski definition) is 1. The second kappa shape index (κ2) is 9.48. The zero-order chi connectivity index (χ0) is 21.1. The highest BCUT2D eigenvalue weighted by atomic mass is 16.1. The van der Waals surface area contributed by atoms with Crippen LogP contribution in [0.4, 0.5) is 0 Å². The lowest BCUT2D eigenvalue weighted by atomic mass is 9.46. The van der Waals surface area contributed by atoms with Gasteiger partial charge in [0.25, 0.3) is 0 Å². The van der Waals surface area contributed by atoms with Crippen LogP contribution in [0, 0.1) is 40.4 Å². The van der Waals surface area contributed by atoms with Crippen LogP contribution in [0.15, 0.2) is 11.6 Å². The van der Waals surface area contributed by atoms with Crippen molar-refractivity contribution in [2.75, 3.05) is 0 Å². The van der Waals surface area contributed by atoms with Crippen LogP contribution < -0.4 is 0 Å². The van der Waals surface area contributed by atoms with E-state index in [1.807, 2.05) is 19.9 Å². The number of carbonyl (C=O) groups excluding carboxylic acids is 1. The molecule has 162 valence electrons. The summed E-state index contributed by atoms with van der Waals surface area (Å²) in [5.74, 6) is 4.88. The topological polar surface area (TPSA) is 17.1 Å². The number of rotatable bonds is 1. The molecule has 4 aliphatic carbocycles. The number of allylic oxidation sites excluding steroid dienone is 1. The second-order valence-corrected chi connectivity index (χ2v) is 10.6. The first-order valence-electron chi connectivity index (χ1n) is 12.5. The average Bonchev–Trinajstić information content (AvgIpc) is 3.02. The molecule has 1 nitrogen and oxygen atoms in total. The summed E-state index contributed by atoms with van der Waals surface area (Å²) in [5.41, 5.74) is 2.45. The van der Waals surface area contributed by atoms with E-state index >= 15 is 0 Å². The quantitative estimate of drug-likeness (QED) is 0.442. The first-order chi connectivity index (χ1) is 13.3. The summed E-state index contributed by atoms with van der Waals surface area (Å²) in [7, 11) is 0. The minimum absolute atomic E-state index is 0.341. The Balaban J connectivity index is 0.000000514. The third kappa shape index (κ3) is 4.01. The first kappa shape index (κ1) is 23.7. The van der Waals surface area contributed by atoms with Crippen molar-refractivity contribution in [1.82, 2.24) is 0 Å². The van der Waals surface area contributed by atoms with Crippen molar-refractivity contribution in [1.29, 1.82) is 0 Å². The predicted octanol–water partition coefficient (Wildman–Crippen LogP) is 8.23. The highest BCUT2D eigenvalue weighted by molar-refractivity contribution is 5.91. The van der Waals surface area contributed by atoms with Gasteiger partial charge in [0.05, 0.1) is 0 Å². The molecule has 0 amide bonds. The Bertz CT molecular complexity index is 559. The van der Waals surface area contributed by atoms with Crippen molar-refractivity contribution in [3.8, 4) is 0 Å². The van der Waals surface area contributed by atoms with Gasteiger partial charge >= 0.3 is 0 Å². The van der Waals surface area contributed by atoms with Gasteiger partial charge in [-0.25, -0.2) is 0 Å². The lowest BCUT2D eigenvalue weighted by Crippen LogP contribution is -2.50. The van der Waals surface area contributed by atoms with Gasteiger partial charge < -0.3 is 0 Å². The van der Waals surface area contributed by atoms with Crippen molar-refractivity contribution in [3.63, 3.8) is 0 Å². The Kier molecular flexibility index (Phi) is 8.02. The molecule has 28 heavy (non-hydrogen) atoms. The van der Waals surface area contributed by atoms with E-state index in [4.69, 9.17) is 0 Å². The monoisotopic (exact) mass is 388 g/mol. The van der Waals surface area contributed by atoms with E-state index in [9.17, 15) is 4.79 Å². The van der Waals surface area contributed by atoms with Gasteiger partial charge in [-0.2, -0.15) is 0 Å². The highest BCUT2D eigenvalue weighted by Gasteiger charge is 2.59. The fraction of sp³-hybridized carbons (Fsp3) is 0.889. The molecule has 0 heterocycles. The zero-order valence-corrected chi connectivity index (χ0v) is 20.2. The van der Waals surface area contributed by atoms with Crippen LogP contribution in [-0.2, 0) is 4.79 Å².